The Balaban J connectivity index is 1.82. The van der Waals surface area contributed by atoms with Crippen LogP contribution in [0.1, 0.15) is 17.3 Å². The van der Waals surface area contributed by atoms with Gasteiger partial charge in [0, 0.05) is 23.0 Å². The van der Waals surface area contributed by atoms with Crippen LogP contribution in [0.4, 0.5) is 23.7 Å². The summed E-state index contributed by atoms with van der Waals surface area (Å²) in [4.78, 5) is 27.3. The second-order valence-electron chi connectivity index (χ2n) is 5.85. The van der Waals surface area contributed by atoms with E-state index in [1.165, 1.54) is 6.92 Å². The predicted molar refractivity (Wildman–Crippen MR) is 93.7 cm³/mol. The number of alkyl halides is 3. The van der Waals surface area contributed by atoms with Crippen LogP contribution in [0.25, 0.3) is 16.9 Å². The van der Waals surface area contributed by atoms with E-state index in [0.717, 1.165) is 0 Å². The number of fused-ring (bicyclic) bond motifs is 1. The Hall–Kier alpha value is -3.36. The molecule has 0 unspecified atom stereocenters. The molecule has 0 aliphatic rings. The highest BCUT2D eigenvalue weighted by Crippen LogP contribution is 2.24. The van der Waals surface area contributed by atoms with Crippen molar-refractivity contribution in [2.45, 2.75) is 13.1 Å². The molecule has 140 valence electrons. The van der Waals surface area contributed by atoms with E-state index in [1.54, 1.807) is 58.5 Å². The first-order valence-electron chi connectivity index (χ1n) is 7.93. The lowest BCUT2D eigenvalue weighted by molar-refractivity contribution is -0.122. The minimum absolute atomic E-state index is 0.0712. The van der Waals surface area contributed by atoms with Gasteiger partial charge in [0.25, 0.3) is 0 Å². The Bertz CT molecular complexity index is 1010. The molecule has 0 radical (unpaired) electrons. The Kier molecular flexibility index (Phi) is 4.85. The normalized spacial score (nSPS) is 11.4. The van der Waals surface area contributed by atoms with Gasteiger partial charge in [-0.15, -0.1) is 0 Å². The van der Waals surface area contributed by atoms with E-state index in [1.807, 2.05) is 0 Å². The van der Waals surface area contributed by atoms with E-state index in [-0.39, 0.29) is 5.78 Å². The molecular formula is C18H15F3N4O2. The Morgan fingerprint density at radius 2 is 1.96 bits per heavy atom. The molecule has 3 rings (SSSR count). The van der Waals surface area contributed by atoms with Crippen molar-refractivity contribution >= 4 is 23.1 Å². The SMILES string of the molecule is CC(=O)c1ccn2c(-c3cccc(NC(=O)NCC(F)(F)F)c3)cnc2c1. The number of anilines is 1. The fourth-order valence-electron chi connectivity index (χ4n) is 2.53. The molecule has 3 aromatic rings. The highest BCUT2D eigenvalue weighted by Gasteiger charge is 2.27. The molecule has 0 saturated heterocycles. The third-order valence-corrected chi connectivity index (χ3v) is 3.79. The molecule has 2 amide bonds. The number of rotatable bonds is 4. The zero-order valence-electron chi connectivity index (χ0n) is 14.2. The Morgan fingerprint density at radius 3 is 2.67 bits per heavy atom. The summed E-state index contributed by atoms with van der Waals surface area (Å²) < 4.78 is 38.2. The Labute approximate surface area is 152 Å². The number of nitrogens with one attached hydrogen (secondary N) is 2. The minimum Gasteiger partial charge on any atom is -0.329 e. The summed E-state index contributed by atoms with van der Waals surface area (Å²) >= 11 is 0. The van der Waals surface area contributed by atoms with Crippen molar-refractivity contribution in [2.24, 2.45) is 0 Å². The lowest BCUT2D eigenvalue weighted by Crippen LogP contribution is -2.36. The number of carbonyl (C=O) groups excluding carboxylic acids is 2. The zero-order chi connectivity index (χ0) is 19.6. The van der Waals surface area contributed by atoms with Crippen LogP contribution in [0.5, 0.6) is 0 Å². The van der Waals surface area contributed by atoms with Crippen LogP contribution in [-0.4, -0.2) is 33.9 Å². The summed E-state index contributed by atoms with van der Waals surface area (Å²) in [5.74, 6) is -0.0712. The van der Waals surface area contributed by atoms with Crippen molar-refractivity contribution in [3.8, 4) is 11.3 Å². The van der Waals surface area contributed by atoms with E-state index < -0.39 is 18.8 Å². The van der Waals surface area contributed by atoms with Gasteiger partial charge in [-0.05, 0) is 31.2 Å². The minimum atomic E-state index is -4.48. The summed E-state index contributed by atoms with van der Waals surface area (Å²) in [5, 5.41) is 4.11. The average Bonchev–Trinajstić information content (AvgIpc) is 3.03. The van der Waals surface area contributed by atoms with Gasteiger partial charge in [-0.3, -0.25) is 9.20 Å². The second-order valence-corrected chi connectivity index (χ2v) is 5.85. The fourth-order valence-corrected chi connectivity index (χ4v) is 2.53. The van der Waals surface area contributed by atoms with Crippen molar-refractivity contribution < 1.29 is 22.8 Å². The third kappa shape index (κ3) is 4.43. The first-order chi connectivity index (χ1) is 12.7. The molecule has 0 bridgehead atoms. The number of pyridine rings is 1. The van der Waals surface area contributed by atoms with E-state index in [0.29, 0.717) is 28.2 Å². The standard InChI is InChI=1S/C18H15F3N4O2/c1-11(26)12-5-6-25-15(9-22-16(25)8-12)13-3-2-4-14(7-13)24-17(27)23-10-18(19,20)21/h2-9H,10H2,1H3,(H2,23,24,27). The molecule has 0 atom stereocenters. The molecule has 2 aromatic heterocycles. The number of imidazole rings is 1. The summed E-state index contributed by atoms with van der Waals surface area (Å²) in [5.41, 5.74) is 2.86. The number of hydrogen-bond donors (Lipinski definition) is 2. The van der Waals surface area contributed by atoms with Gasteiger partial charge in [0.05, 0.1) is 11.9 Å². The first kappa shape index (κ1) is 18.4. The molecule has 0 aliphatic carbocycles. The van der Waals surface area contributed by atoms with E-state index in [2.05, 4.69) is 10.3 Å². The van der Waals surface area contributed by atoms with Crippen LogP contribution < -0.4 is 10.6 Å². The van der Waals surface area contributed by atoms with Gasteiger partial charge < -0.3 is 10.6 Å². The molecule has 6 nitrogen and oxygen atoms in total. The number of urea groups is 1. The molecule has 0 saturated carbocycles. The van der Waals surface area contributed by atoms with Gasteiger partial charge in [-0.2, -0.15) is 13.2 Å². The lowest BCUT2D eigenvalue weighted by atomic mass is 10.1. The first-order valence-corrected chi connectivity index (χ1v) is 7.93. The van der Waals surface area contributed by atoms with Crippen LogP contribution in [0.15, 0.2) is 48.8 Å². The number of carbonyl (C=O) groups is 2. The van der Waals surface area contributed by atoms with Crippen LogP contribution >= 0.6 is 0 Å². The van der Waals surface area contributed by atoms with Crippen LogP contribution in [0.2, 0.25) is 0 Å². The summed E-state index contributed by atoms with van der Waals surface area (Å²) in [6, 6.07) is 9.02. The zero-order valence-corrected chi connectivity index (χ0v) is 14.2. The van der Waals surface area contributed by atoms with Crippen molar-refractivity contribution in [1.82, 2.24) is 14.7 Å². The Morgan fingerprint density at radius 1 is 1.19 bits per heavy atom. The van der Waals surface area contributed by atoms with Crippen LogP contribution in [-0.2, 0) is 0 Å². The number of nitrogens with zero attached hydrogens (tertiary/aromatic N) is 2. The maximum absolute atomic E-state index is 12.2. The number of benzene rings is 1. The number of ketones is 1. The van der Waals surface area contributed by atoms with Crippen LogP contribution in [0.3, 0.4) is 0 Å². The molecule has 2 N–H and O–H groups in total. The summed E-state index contributed by atoms with van der Waals surface area (Å²) in [6.45, 7) is 0.0545. The van der Waals surface area contributed by atoms with Crippen molar-refractivity contribution in [3.05, 3.63) is 54.4 Å². The van der Waals surface area contributed by atoms with Crippen molar-refractivity contribution in [3.63, 3.8) is 0 Å². The third-order valence-electron chi connectivity index (χ3n) is 3.79. The topological polar surface area (TPSA) is 75.5 Å². The van der Waals surface area contributed by atoms with Gasteiger partial charge in [0.15, 0.2) is 5.78 Å². The molecular weight excluding hydrogens is 361 g/mol. The highest BCUT2D eigenvalue weighted by molar-refractivity contribution is 5.95. The largest absolute Gasteiger partial charge is 0.405 e. The van der Waals surface area contributed by atoms with E-state index in [9.17, 15) is 22.8 Å². The molecule has 1 aromatic carbocycles. The highest BCUT2D eigenvalue weighted by atomic mass is 19.4. The summed E-state index contributed by atoms with van der Waals surface area (Å²) in [6.07, 6.45) is -1.15. The van der Waals surface area contributed by atoms with Crippen molar-refractivity contribution in [2.75, 3.05) is 11.9 Å². The molecule has 0 aliphatic heterocycles. The smallest absolute Gasteiger partial charge is 0.329 e. The van der Waals surface area contributed by atoms with E-state index in [4.69, 9.17) is 0 Å². The van der Waals surface area contributed by atoms with Crippen LogP contribution in [0, 0.1) is 0 Å². The molecule has 0 spiro atoms. The van der Waals surface area contributed by atoms with Crippen molar-refractivity contribution in [1.29, 1.82) is 0 Å². The quantitative estimate of drug-likeness (QED) is 0.679. The van der Waals surface area contributed by atoms with Gasteiger partial charge in [-0.25, -0.2) is 9.78 Å². The number of halogens is 3. The van der Waals surface area contributed by atoms with Gasteiger partial charge in [-0.1, -0.05) is 12.1 Å². The average molecular weight is 376 g/mol. The van der Waals surface area contributed by atoms with Gasteiger partial charge in [0.2, 0.25) is 0 Å². The van der Waals surface area contributed by atoms with E-state index >= 15 is 0 Å². The molecule has 9 heteroatoms. The van der Waals surface area contributed by atoms with Gasteiger partial charge >= 0.3 is 12.2 Å². The monoisotopic (exact) mass is 376 g/mol. The lowest BCUT2D eigenvalue weighted by Gasteiger charge is -2.10. The van der Waals surface area contributed by atoms with Gasteiger partial charge in [0.1, 0.15) is 12.2 Å². The number of hydrogen-bond acceptors (Lipinski definition) is 3. The number of aromatic nitrogens is 2. The second kappa shape index (κ2) is 7.10. The number of Topliss-reactive ketones (excluding diaryl/α,β-unsaturated/α-hetero) is 1. The summed E-state index contributed by atoms with van der Waals surface area (Å²) in [7, 11) is 0. The molecule has 2 heterocycles. The fraction of sp³-hybridized carbons (Fsp3) is 0.167. The molecule has 0 fully saturated rings. The number of amides is 2. The predicted octanol–water partition coefficient (Wildman–Crippen LogP) is 3.89. The maximum atomic E-state index is 12.2. The molecule has 27 heavy (non-hydrogen) atoms. The maximum Gasteiger partial charge on any atom is 0.405 e.